The summed E-state index contributed by atoms with van der Waals surface area (Å²) >= 11 is 5.06. The Hall–Kier alpha value is -0.160. The third-order valence-electron chi connectivity index (χ3n) is 3.35. The minimum atomic E-state index is 0.689. The molecule has 1 aromatic heterocycles. The van der Waals surface area contributed by atoms with Crippen LogP contribution in [0.4, 0.5) is 5.13 Å². The molecule has 0 atom stereocenters. The number of aromatic nitrogens is 2. The highest BCUT2D eigenvalue weighted by Crippen LogP contribution is 2.32. The summed E-state index contributed by atoms with van der Waals surface area (Å²) in [4.78, 5) is 2.48. The topological polar surface area (TPSA) is 29.0 Å². The van der Waals surface area contributed by atoms with Crippen molar-refractivity contribution in [3.63, 3.8) is 0 Å². The molecule has 96 valence electrons. The van der Waals surface area contributed by atoms with E-state index >= 15 is 0 Å². The molecule has 3 nitrogen and oxygen atoms in total. The predicted molar refractivity (Wildman–Crippen MR) is 76.7 cm³/mol. The van der Waals surface area contributed by atoms with Gasteiger partial charge in [-0.05, 0) is 41.1 Å². The second kappa shape index (κ2) is 6.14. The Balaban J connectivity index is 2.05. The van der Waals surface area contributed by atoms with Crippen molar-refractivity contribution in [2.75, 3.05) is 11.4 Å². The fraction of sp³-hybridized carbons (Fsp3) is 0.833. The first-order chi connectivity index (χ1) is 8.16. The van der Waals surface area contributed by atoms with Gasteiger partial charge in [0.2, 0.25) is 5.13 Å². The van der Waals surface area contributed by atoms with Crippen LogP contribution in [-0.4, -0.2) is 22.8 Å². The van der Waals surface area contributed by atoms with Gasteiger partial charge >= 0.3 is 0 Å². The second-order valence-electron chi connectivity index (χ2n) is 5.15. The van der Waals surface area contributed by atoms with E-state index in [1.54, 1.807) is 11.3 Å². The highest BCUT2D eigenvalue weighted by atomic mass is 79.9. The van der Waals surface area contributed by atoms with Crippen molar-refractivity contribution >= 4 is 32.4 Å². The quantitative estimate of drug-likeness (QED) is 0.818. The van der Waals surface area contributed by atoms with Crippen LogP contribution in [0.15, 0.2) is 3.92 Å². The van der Waals surface area contributed by atoms with Crippen molar-refractivity contribution in [3.8, 4) is 0 Å². The molecule has 17 heavy (non-hydrogen) atoms. The Kier molecular flexibility index (Phi) is 4.79. The average Bonchev–Trinajstić information content (AvgIpc) is 2.90. The molecular formula is C12H20BrN3S. The van der Waals surface area contributed by atoms with Gasteiger partial charge in [-0.2, -0.15) is 0 Å². The Bertz CT molecular complexity index is 347. The minimum absolute atomic E-state index is 0.689. The smallest absolute Gasteiger partial charge is 0.209 e. The summed E-state index contributed by atoms with van der Waals surface area (Å²) in [5, 5.41) is 9.45. The molecule has 0 bridgehead atoms. The first-order valence-corrected chi connectivity index (χ1v) is 8.03. The lowest BCUT2D eigenvalue weighted by atomic mass is 10.1. The summed E-state index contributed by atoms with van der Waals surface area (Å²) in [5.41, 5.74) is 0. The van der Waals surface area contributed by atoms with Gasteiger partial charge in [0.1, 0.15) is 0 Å². The maximum absolute atomic E-state index is 4.29. The molecule has 0 N–H and O–H groups in total. The van der Waals surface area contributed by atoms with E-state index in [-0.39, 0.29) is 0 Å². The lowest BCUT2D eigenvalue weighted by molar-refractivity contribution is 0.526. The maximum atomic E-state index is 4.29. The third kappa shape index (κ3) is 3.65. The Morgan fingerprint density at radius 2 is 2.06 bits per heavy atom. The zero-order valence-electron chi connectivity index (χ0n) is 10.5. The fourth-order valence-corrected chi connectivity index (χ4v) is 3.55. The number of nitrogens with zero attached hydrogens (tertiary/aromatic N) is 3. The molecule has 1 aliphatic rings. The molecular weight excluding hydrogens is 298 g/mol. The van der Waals surface area contributed by atoms with Gasteiger partial charge in [-0.25, -0.2) is 0 Å². The van der Waals surface area contributed by atoms with Crippen LogP contribution in [0, 0.1) is 5.92 Å². The standard InChI is InChI=1S/C12H20BrN3S/c1-9(2)7-8-16(10-5-3-4-6-10)12-15-14-11(13)17-12/h9-10H,3-8H2,1-2H3. The minimum Gasteiger partial charge on any atom is -0.344 e. The molecule has 0 spiro atoms. The number of anilines is 1. The van der Waals surface area contributed by atoms with Gasteiger partial charge in [0.05, 0.1) is 0 Å². The number of hydrogen-bond donors (Lipinski definition) is 0. The van der Waals surface area contributed by atoms with E-state index in [1.807, 2.05) is 0 Å². The second-order valence-corrected chi connectivity index (χ2v) is 7.38. The Labute approximate surface area is 116 Å². The van der Waals surface area contributed by atoms with E-state index in [0.717, 1.165) is 21.5 Å². The number of hydrogen-bond acceptors (Lipinski definition) is 4. The first-order valence-electron chi connectivity index (χ1n) is 6.42. The van der Waals surface area contributed by atoms with Crippen molar-refractivity contribution in [3.05, 3.63) is 3.92 Å². The summed E-state index contributed by atoms with van der Waals surface area (Å²) in [6, 6.07) is 0.689. The zero-order chi connectivity index (χ0) is 12.3. The van der Waals surface area contributed by atoms with E-state index in [1.165, 1.54) is 32.1 Å². The lowest BCUT2D eigenvalue weighted by Crippen LogP contribution is -2.34. The molecule has 1 fully saturated rings. The molecule has 1 aliphatic carbocycles. The largest absolute Gasteiger partial charge is 0.344 e. The predicted octanol–water partition coefficient (Wildman–Crippen LogP) is 4.10. The molecule has 1 heterocycles. The summed E-state index contributed by atoms with van der Waals surface area (Å²) in [5.74, 6) is 0.746. The van der Waals surface area contributed by atoms with Crippen molar-refractivity contribution < 1.29 is 0 Å². The summed E-state index contributed by atoms with van der Waals surface area (Å²) < 4.78 is 0.889. The van der Waals surface area contributed by atoms with Crippen molar-refractivity contribution in [2.24, 2.45) is 5.92 Å². The zero-order valence-corrected chi connectivity index (χ0v) is 12.9. The van der Waals surface area contributed by atoms with Gasteiger partial charge in [0.25, 0.3) is 0 Å². The lowest BCUT2D eigenvalue weighted by Gasteiger charge is -2.28. The maximum Gasteiger partial charge on any atom is 0.209 e. The van der Waals surface area contributed by atoms with Crippen LogP contribution in [0.2, 0.25) is 0 Å². The normalized spacial score (nSPS) is 16.9. The highest BCUT2D eigenvalue weighted by Gasteiger charge is 2.25. The van der Waals surface area contributed by atoms with Gasteiger partial charge in [-0.15, -0.1) is 10.2 Å². The molecule has 1 saturated carbocycles. The van der Waals surface area contributed by atoms with Crippen LogP contribution in [0.5, 0.6) is 0 Å². The Morgan fingerprint density at radius 3 is 2.59 bits per heavy atom. The molecule has 5 heteroatoms. The van der Waals surface area contributed by atoms with Crippen molar-refractivity contribution in [1.82, 2.24) is 10.2 Å². The van der Waals surface area contributed by atoms with Crippen LogP contribution >= 0.6 is 27.3 Å². The van der Waals surface area contributed by atoms with Crippen LogP contribution in [0.1, 0.15) is 46.0 Å². The Morgan fingerprint density at radius 1 is 1.35 bits per heavy atom. The summed E-state index contributed by atoms with van der Waals surface area (Å²) in [6.07, 6.45) is 6.59. The van der Waals surface area contributed by atoms with E-state index in [9.17, 15) is 0 Å². The molecule has 0 aliphatic heterocycles. The molecule has 0 radical (unpaired) electrons. The third-order valence-corrected chi connectivity index (χ3v) is 4.74. The molecule has 1 aromatic rings. The van der Waals surface area contributed by atoms with Gasteiger partial charge in [0, 0.05) is 12.6 Å². The molecule has 0 unspecified atom stereocenters. The SMILES string of the molecule is CC(C)CCN(c1nnc(Br)s1)C1CCCC1. The van der Waals surface area contributed by atoms with Crippen LogP contribution in [0.25, 0.3) is 0 Å². The van der Waals surface area contributed by atoms with Gasteiger partial charge in [-0.3, -0.25) is 0 Å². The molecule has 0 saturated heterocycles. The van der Waals surface area contributed by atoms with Crippen LogP contribution in [0.3, 0.4) is 0 Å². The number of rotatable bonds is 5. The van der Waals surface area contributed by atoms with Crippen LogP contribution in [-0.2, 0) is 0 Å². The molecule has 0 amide bonds. The molecule has 0 aromatic carbocycles. The van der Waals surface area contributed by atoms with Gasteiger partial charge in [-0.1, -0.05) is 38.0 Å². The van der Waals surface area contributed by atoms with E-state index < -0.39 is 0 Å². The average molecular weight is 318 g/mol. The first kappa shape index (κ1) is 13.3. The summed E-state index contributed by atoms with van der Waals surface area (Å²) in [7, 11) is 0. The highest BCUT2D eigenvalue weighted by molar-refractivity contribution is 9.11. The van der Waals surface area contributed by atoms with Crippen LogP contribution < -0.4 is 4.90 Å². The molecule has 2 rings (SSSR count). The van der Waals surface area contributed by atoms with E-state index in [0.29, 0.717) is 6.04 Å². The fourth-order valence-electron chi connectivity index (χ4n) is 2.36. The van der Waals surface area contributed by atoms with Crippen molar-refractivity contribution in [2.45, 2.75) is 52.0 Å². The monoisotopic (exact) mass is 317 g/mol. The van der Waals surface area contributed by atoms with Gasteiger partial charge < -0.3 is 4.90 Å². The number of halogens is 1. The van der Waals surface area contributed by atoms with Gasteiger partial charge in [0.15, 0.2) is 3.92 Å². The van der Waals surface area contributed by atoms with Crippen molar-refractivity contribution in [1.29, 1.82) is 0 Å². The summed E-state index contributed by atoms with van der Waals surface area (Å²) in [6.45, 7) is 5.68. The van der Waals surface area contributed by atoms with E-state index in [4.69, 9.17) is 0 Å². The van der Waals surface area contributed by atoms with E-state index in [2.05, 4.69) is 44.9 Å².